The van der Waals surface area contributed by atoms with E-state index in [-0.39, 0.29) is 5.91 Å². The van der Waals surface area contributed by atoms with Crippen molar-refractivity contribution in [3.8, 4) is 0 Å². The van der Waals surface area contributed by atoms with Crippen LogP contribution in [0.1, 0.15) is 11.1 Å². The molecule has 0 heterocycles. The molecule has 3 aromatic carbocycles. The Balaban J connectivity index is 1.69. The lowest BCUT2D eigenvalue weighted by Crippen LogP contribution is -2.27. The number of fused-ring (bicyclic) bond motifs is 1. The molecule has 3 heteroatoms. The molecule has 2 nitrogen and oxygen atoms in total. The summed E-state index contributed by atoms with van der Waals surface area (Å²) in [6.45, 7) is 0.562. The third-order valence-corrected chi connectivity index (χ3v) is 4.14. The Kier molecular flexibility index (Phi) is 4.63. The van der Waals surface area contributed by atoms with E-state index in [1.807, 2.05) is 49.5 Å². The van der Waals surface area contributed by atoms with Crippen LogP contribution in [-0.2, 0) is 17.8 Å². The van der Waals surface area contributed by atoms with Crippen LogP contribution in [0.2, 0.25) is 5.02 Å². The van der Waals surface area contributed by atoms with Gasteiger partial charge in [0.25, 0.3) is 0 Å². The molecule has 0 aliphatic heterocycles. The predicted molar refractivity (Wildman–Crippen MR) is 95.6 cm³/mol. The van der Waals surface area contributed by atoms with Gasteiger partial charge >= 0.3 is 0 Å². The van der Waals surface area contributed by atoms with Gasteiger partial charge in [0.05, 0.1) is 6.42 Å². The van der Waals surface area contributed by atoms with Crippen LogP contribution in [0.5, 0.6) is 0 Å². The highest BCUT2D eigenvalue weighted by Crippen LogP contribution is 2.17. The first-order valence-corrected chi connectivity index (χ1v) is 7.96. The lowest BCUT2D eigenvalue weighted by Gasteiger charge is -2.17. The molecule has 0 radical (unpaired) electrons. The zero-order valence-electron chi connectivity index (χ0n) is 13.0. The van der Waals surface area contributed by atoms with E-state index >= 15 is 0 Å². The van der Waals surface area contributed by atoms with Crippen LogP contribution in [0.25, 0.3) is 10.8 Å². The fourth-order valence-electron chi connectivity index (χ4n) is 2.66. The topological polar surface area (TPSA) is 20.3 Å². The molecule has 0 fully saturated rings. The number of carbonyl (C=O) groups is 1. The molecule has 0 saturated carbocycles. The van der Waals surface area contributed by atoms with Gasteiger partial charge < -0.3 is 4.90 Å². The third-order valence-electron chi connectivity index (χ3n) is 3.90. The second-order valence-corrected chi connectivity index (χ2v) is 6.17. The summed E-state index contributed by atoms with van der Waals surface area (Å²) in [6.07, 6.45) is 0.405. The molecule has 3 aromatic rings. The van der Waals surface area contributed by atoms with Crippen LogP contribution in [-0.4, -0.2) is 17.9 Å². The largest absolute Gasteiger partial charge is 0.341 e. The van der Waals surface area contributed by atoms with Crippen molar-refractivity contribution in [3.05, 3.63) is 82.9 Å². The van der Waals surface area contributed by atoms with E-state index in [0.29, 0.717) is 18.0 Å². The van der Waals surface area contributed by atoms with Crippen LogP contribution in [0, 0.1) is 0 Å². The molecule has 3 rings (SSSR count). The quantitative estimate of drug-likeness (QED) is 0.682. The summed E-state index contributed by atoms with van der Waals surface area (Å²) in [5, 5.41) is 3.05. The van der Waals surface area contributed by atoms with Gasteiger partial charge in [-0.15, -0.1) is 0 Å². The molecular weight excluding hydrogens is 306 g/mol. The summed E-state index contributed by atoms with van der Waals surface area (Å²) in [7, 11) is 1.82. The zero-order valence-corrected chi connectivity index (χ0v) is 13.8. The van der Waals surface area contributed by atoms with E-state index in [4.69, 9.17) is 11.6 Å². The lowest BCUT2D eigenvalue weighted by molar-refractivity contribution is -0.129. The molecule has 0 aliphatic rings. The van der Waals surface area contributed by atoms with Crippen molar-refractivity contribution in [1.29, 1.82) is 0 Å². The van der Waals surface area contributed by atoms with Crippen LogP contribution in [0.4, 0.5) is 0 Å². The number of nitrogens with zero attached hydrogens (tertiary/aromatic N) is 1. The van der Waals surface area contributed by atoms with Gasteiger partial charge in [-0.1, -0.05) is 66.2 Å². The number of halogens is 1. The number of hydrogen-bond acceptors (Lipinski definition) is 1. The fourth-order valence-corrected chi connectivity index (χ4v) is 2.87. The predicted octanol–water partition coefficient (Wildman–Crippen LogP) is 4.69. The summed E-state index contributed by atoms with van der Waals surface area (Å²) in [5.74, 6) is 0.0975. The standard InChI is InChI=1S/C20H18ClNO/c1-22(14-16-5-4-8-19(21)12-16)20(23)13-15-9-10-17-6-2-3-7-18(17)11-15/h2-12H,13-14H2,1H3. The molecule has 0 N–H and O–H groups in total. The van der Waals surface area contributed by atoms with Crippen molar-refractivity contribution >= 4 is 28.3 Å². The number of carbonyl (C=O) groups excluding carboxylic acids is 1. The molecule has 0 saturated heterocycles. The Hall–Kier alpha value is -2.32. The number of rotatable bonds is 4. The first-order chi connectivity index (χ1) is 11.1. The molecule has 116 valence electrons. The molecule has 0 unspecified atom stereocenters. The van der Waals surface area contributed by atoms with Crippen molar-refractivity contribution in [2.45, 2.75) is 13.0 Å². The number of benzene rings is 3. The van der Waals surface area contributed by atoms with Crippen LogP contribution >= 0.6 is 11.6 Å². The smallest absolute Gasteiger partial charge is 0.227 e. The minimum absolute atomic E-state index is 0.0975. The molecule has 0 aliphatic carbocycles. The van der Waals surface area contributed by atoms with E-state index in [9.17, 15) is 4.79 Å². The molecular formula is C20H18ClNO. The van der Waals surface area contributed by atoms with E-state index in [2.05, 4.69) is 24.3 Å². The Morgan fingerprint density at radius 3 is 2.48 bits per heavy atom. The minimum Gasteiger partial charge on any atom is -0.341 e. The SMILES string of the molecule is CN(Cc1cccc(Cl)c1)C(=O)Cc1ccc2ccccc2c1. The molecule has 0 spiro atoms. The number of hydrogen-bond donors (Lipinski definition) is 0. The van der Waals surface area contributed by atoms with Gasteiger partial charge in [0, 0.05) is 18.6 Å². The van der Waals surface area contributed by atoms with Crippen LogP contribution in [0.3, 0.4) is 0 Å². The van der Waals surface area contributed by atoms with Gasteiger partial charge in [-0.05, 0) is 34.0 Å². The number of likely N-dealkylation sites (N-methyl/N-ethyl adjacent to an activating group) is 1. The summed E-state index contributed by atoms with van der Waals surface area (Å²) in [6, 6.07) is 22.0. The van der Waals surface area contributed by atoms with Gasteiger partial charge in [-0.25, -0.2) is 0 Å². The Labute approximate surface area is 141 Å². The Morgan fingerprint density at radius 2 is 1.70 bits per heavy atom. The monoisotopic (exact) mass is 323 g/mol. The highest BCUT2D eigenvalue weighted by Gasteiger charge is 2.11. The Bertz CT molecular complexity index is 844. The molecule has 0 bridgehead atoms. The first kappa shape index (κ1) is 15.6. The van der Waals surface area contributed by atoms with Crippen molar-refractivity contribution in [3.63, 3.8) is 0 Å². The molecule has 23 heavy (non-hydrogen) atoms. The highest BCUT2D eigenvalue weighted by molar-refractivity contribution is 6.30. The maximum atomic E-state index is 12.4. The normalized spacial score (nSPS) is 10.7. The van der Waals surface area contributed by atoms with E-state index in [1.165, 1.54) is 5.39 Å². The maximum absolute atomic E-state index is 12.4. The molecule has 0 aromatic heterocycles. The second-order valence-electron chi connectivity index (χ2n) is 5.74. The van der Waals surface area contributed by atoms with E-state index in [1.54, 1.807) is 4.90 Å². The molecule has 1 amide bonds. The fraction of sp³-hybridized carbons (Fsp3) is 0.150. The van der Waals surface area contributed by atoms with Crippen molar-refractivity contribution in [2.75, 3.05) is 7.05 Å². The second kappa shape index (κ2) is 6.84. The average molecular weight is 324 g/mol. The highest BCUT2D eigenvalue weighted by atomic mass is 35.5. The summed E-state index contributed by atoms with van der Waals surface area (Å²) < 4.78 is 0. The maximum Gasteiger partial charge on any atom is 0.227 e. The van der Waals surface area contributed by atoms with Gasteiger partial charge in [0.1, 0.15) is 0 Å². The van der Waals surface area contributed by atoms with Gasteiger partial charge in [-0.2, -0.15) is 0 Å². The third kappa shape index (κ3) is 3.91. The zero-order chi connectivity index (χ0) is 16.2. The lowest BCUT2D eigenvalue weighted by atomic mass is 10.0. The van der Waals surface area contributed by atoms with Crippen molar-refractivity contribution in [1.82, 2.24) is 4.90 Å². The summed E-state index contributed by atoms with van der Waals surface area (Å²) >= 11 is 5.99. The molecule has 0 atom stereocenters. The van der Waals surface area contributed by atoms with Crippen molar-refractivity contribution in [2.24, 2.45) is 0 Å². The summed E-state index contributed by atoms with van der Waals surface area (Å²) in [5.41, 5.74) is 2.07. The number of amides is 1. The van der Waals surface area contributed by atoms with Crippen molar-refractivity contribution < 1.29 is 4.79 Å². The van der Waals surface area contributed by atoms with Crippen LogP contribution in [0.15, 0.2) is 66.7 Å². The minimum atomic E-state index is 0.0975. The van der Waals surface area contributed by atoms with Gasteiger partial charge in [0.15, 0.2) is 0 Å². The van der Waals surface area contributed by atoms with Gasteiger partial charge in [-0.3, -0.25) is 4.79 Å². The van der Waals surface area contributed by atoms with Crippen LogP contribution < -0.4 is 0 Å². The summed E-state index contributed by atoms with van der Waals surface area (Å²) in [4.78, 5) is 14.2. The van der Waals surface area contributed by atoms with E-state index < -0.39 is 0 Å². The average Bonchev–Trinajstić information content (AvgIpc) is 2.54. The van der Waals surface area contributed by atoms with Gasteiger partial charge in [0.2, 0.25) is 5.91 Å². The Morgan fingerprint density at radius 1 is 0.913 bits per heavy atom. The first-order valence-electron chi connectivity index (χ1n) is 7.58. The van der Waals surface area contributed by atoms with E-state index in [0.717, 1.165) is 16.5 Å².